The molecule has 11 heteroatoms. The van der Waals surface area contributed by atoms with E-state index < -0.39 is 0 Å². The van der Waals surface area contributed by atoms with Crippen LogP contribution >= 0.6 is 0 Å². The number of phenolic OH excluding ortho intramolecular Hbond substituents is 2. The van der Waals surface area contributed by atoms with E-state index in [0.29, 0.717) is 70.6 Å². The SMILES string of the molecule is O=c1c2ccccc2nc(-c2ccc(O)cc2)n1CCCCn1cc(Cn2c(-c3ccc(O)cc3)nc3ccccc3c2=O)nn1. The van der Waals surface area contributed by atoms with E-state index in [1.807, 2.05) is 36.5 Å². The van der Waals surface area contributed by atoms with E-state index in [2.05, 4.69) is 10.3 Å². The van der Waals surface area contributed by atoms with Gasteiger partial charge in [0.1, 0.15) is 28.8 Å². The minimum absolute atomic E-state index is 0.115. The van der Waals surface area contributed by atoms with Crippen molar-refractivity contribution in [1.29, 1.82) is 0 Å². The zero-order valence-corrected chi connectivity index (χ0v) is 24.7. The van der Waals surface area contributed by atoms with Gasteiger partial charge in [-0.05, 0) is 85.6 Å². The summed E-state index contributed by atoms with van der Waals surface area (Å²) in [6.45, 7) is 1.18. The quantitative estimate of drug-likeness (QED) is 0.218. The van der Waals surface area contributed by atoms with Crippen molar-refractivity contribution >= 4 is 21.8 Å². The topological polar surface area (TPSA) is 141 Å². The molecule has 0 bridgehead atoms. The van der Waals surface area contributed by atoms with Crippen LogP contribution in [-0.2, 0) is 19.6 Å². The van der Waals surface area contributed by atoms with E-state index in [4.69, 9.17) is 9.97 Å². The number of phenols is 2. The Bertz CT molecular complexity index is 2310. The number of hydrogen-bond acceptors (Lipinski definition) is 8. The summed E-state index contributed by atoms with van der Waals surface area (Å²) in [5.74, 6) is 1.28. The summed E-state index contributed by atoms with van der Waals surface area (Å²) in [7, 11) is 0. The lowest BCUT2D eigenvalue weighted by Crippen LogP contribution is -2.24. The summed E-state index contributed by atoms with van der Waals surface area (Å²) >= 11 is 0. The maximum Gasteiger partial charge on any atom is 0.262 e. The van der Waals surface area contributed by atoms with Gasteiger partial charge in [0.25, 0.3) is 11.1 Å². The van der Waals surface area contributed by atoms with E-state index in [1.54, 1.807) is 80.5 Å². The molecule has 3 aromatic heterocycles. The predicted octanol–water partition coefficient (Wildman–Crippen LogP) is 4.97. The molecule has 3 heterocycles. The molecule has 0 aliphatic carbocycles. The van der Waals surface area contributed by atoms with Crippen molar-refractivity contribution in [2.45, 2.75) is 32.5 Å². The van der Waals surface area contributed by atoms with Crippen molar-refractivity contribution in [3.63, 3.8) is 0 Å². The number of fused-ring (bicyclic) bond motifs is 2. The summed E-state index contributed by atoms with van der Waals surface area (Å²) < 4.78 is 5.00. The lowest BCUT2D eigenvalue weighted by atomic mass is 10.1. The van der Waals surface area contributed by atoms with E-state index in [0.717, 1.165) is 5.56 Å². The van der Waals surface area contributed by atoms with Crippen LogP contribution in [0.3, 0.4) is 0 Å². The number of rotatable bonds is 9. The summed E-state index contributed by atoms with van der Waals surface area (Å²) in [4.78, 5) is 36.6. The number of aromatic hydroxyl groups is 2. The first-order valence-corrected chi connectivity index (χ1v) is 14.9. The minimum atomic E-state index is -0.193. The Morgan fingerprint density at radius 1 is 0.587 bits per heavy atom. The summed E-state index contributed by atoms with van der Waals surface area (Å²) in [5, 5.41) is 29.2. The van der Waals surface area contributed by atoms with Gasteiger partial charge < -0.3 is 10.2 Å². The fraction of sp³-hybridized carbons (Fsp3) is 0.143. The van der Waals surface area contributed by atoms with Gasteiger partial charge in [-0.1, -0.05) is 29.5 Å². The third-order valence-electron chi connectivity index (χ3n) is 7.90. The Labute approximate surface area is 262 Å². The van der Waals surface area contributed by atoms with Crippen molar-refractivity contribution in [3.05, 3.63) is 130 Å². The molecule has 0 aliphatic rings. The normalized spacial score (nSPS) is 11.4. The summed E-state index contributed by atoms with van der Waals surface area (Å²) in [5.41, 5.74) is 2.94. The first-order chi connectivity index (χ1) is 22.4. The lowest BCUT2D eigenvalue weighted by molar-refractivity contribution is 0.475. The number of nitrogens with zero attached hydrogens (tertiary/aromatic N) is 7. The molecule has 0 aliphatic heterocycles. The molecule has 7 aromatic rings. The van der Waals surface area contributed by atoms with E-state index in [9.17, 15) is 19.8 Å². The smallest absolute Gasteiger partial charge is 0.262 e. The zero-order valence-electron chi connectivity index (χ0n) is 24.7. The molecule has 228 valence electrons. The molecule has 0 spiro atoms. The highest BCUT2D eigenvalue weighted by Gasteiger charge is 2.16. The Kier molecular flexibility index (Phi) is 7.55. The van der Waals surface area contributed by atoms with Crippen LogP contribution in [0, 0.1) is 0 Å². The number of aryl methyl sites for hydroxylation is 1. The van der Waals surface area contributed by atoms with Crippen LogP contribution in [0.4, 0.5) is 0 Å². The summed E-state index contributed by atoms with van der Waals surface area (Å²) in [6.07, 6.45) is 3.21. The monoisotopic (exact) mass is 611 g/mol. The molecule has 0 amide bonds. The van der Waals surface area contributed by atoms with E-state index >= 15 is 0 Å². The number of aromatic nitrogens is 7. The molecule has 7 rings (SSSR count). The molecule has 0 saturated heterocycles. The number of hydrogen-bond donors (Lipinski definition) is 2. The van der Waals surface area contributed by atoms with Gasteiger partial charge in [-0.3, -0.25) is 23.4 Å². The van der Waals surface area contributed by atoms with E-state index in [1.165, 1.54) is 0 Å². The average molecular weight is 612 g/mol. The molecule has 0 radical (unpaired) electrons. The highest BCUT2D eigenvalue weighted by molar-refractivity contribution is 5.80. The molecule has 46 heavy (non-hydrogen) atoms. The Morgan fingerprint density at radius 3 is 1.67 bits per heavy atom. The summed E-state index contributed by atoms with van der Waals surface area (Å²) in [6, 6.07) is 27.7. The zero-order chi connectivity index (χ0) is 31.6. The van der Waals surface area contributed by atoms with Crippen LogP contribution in [0.2, 0.25) is 0 Å². The standard InChI is InChI=1S/C35H29N7O4/c43-26-15-11-23(12-16-26)32-36-30-9-3-1-7-28(30)34(45)41(32)20-6-5-19-40-21-25(38-39-40)22-42-33(24-13-17-27(44)18-14-24)37-31-10-4-2-8-29(31)35(42)46/h1-4,7-18,21,43-44H,5-6,19-20,22H2. The second-order valence-electron chi connectivity index (χ2n) is 11.0. The third kappa shape index (κ3) is 5.61. The third-order valence-corrected chi connectivity index (χ3v) is 7.90. The van der Waals surface area contributed by atoms with Crippen molar-refractivity contribution in [2.24, 2.45) is 0 Å². The number of benzene rings is 4. The average Bonchev–Trinajstić information content (AvgIpc) is 3.53. The van der Waals surface area contributed by atoms with Crippen LogP contribution in [0.25, 0.3) is 44.6 Å². The molecule has 4 aromatic carbocycles. The molecule has 11 nitrogen and oxygen atoms in total. The molecule has 0 atom stereocenters. The molecule has 0 saturated carbocycles. The molecular weight excluding hydrogens is 582 g/mol. The van der Waals surface area contributed by atoms with Gasteiger partial charge in [-0.2, -0.15) is 0 Å². The minimum Gasteiger partial charge on any atom is -0.508 e. The predicted molar refractivity (Wildman–Crippen MR) is 175 cm³/mol. The van der Waals surface area contributed by atoms with Crippen LogP contribution < -0.4 is 11.1 Å². The fourth-order valence-electron chi connectivity index (χ4n) is 5.58. The van der Waals surface area contributed by atoms with Crippen molar-refractivity contribution in [3.8, 4) is 34.3 Å². The van der Waals surface area contributed by atoms with Gasteiger partial charge in [0, 0.05) is 24.2 Å². The lowest BCUT2D eigenvalue weighted by Gasteiger charge is -2.14. The van der Waals surface area contributed by atoms with E-state index in [-0.39, 0.29) is 29.2 Å². The van der Waals surface area contributed by atoms with Gasteiger partial charge in [0.2, 0.25) is 0 Å². The second-order valence-corrected chi connectivity index (χ2v) is 11.0. The fourth-order valence-corrected chi connectivity index (χ4v) is 5.58. The highest BCUT2D eigenvalue weighted by atomic mass is 16.3. The Hall–Kier alpha value is -6.10. The van der Waals surface area contributed by atoms with Gasteiger partial charge in [0.15, 0.2) is 0 Å². The first-order valence-electron chi connectivity index (χ1n) is 14.9. The molecule has 0 fully saturated rings. The van der Waals surface area contributed by atoms with Crippen molar-refractivity contribution in [1.82, 2.24) is 34.1 Å². The maximum absolute atomic E-state index is 13.6. The van der Waals surface area contributed by atoms with Gasteiger partial charge in [-0.25, -0.2) is 9.97 Å². The molecule has 0 unspecified atom stereocenters. The van der Waals surface area contributed by atoms with Crippen LogP contribution in [0.5, 0.6) is 11.5 Å². The number of unbranched alkanes of at least 4 members (excludes halogenated alkanes) is 1. The molecular formula is C35H29N7O4. The second kappa shape index (κ2) is 12.1. The van der Waals surface area contributed by atoms with Crippen LogP contribution in [-0.4, -0.2) is 44.3 Å². The number of para-hydroxylation sites is 2. The van der Waals surface area contributed by atoms with Crippen LogP contribution in [0.15, 0.2) is 113 Å². The van der Waals surface area contributed by atoms with Gasteiger partial charge in [0.05, 0.1) is 34.5 Å². The van der Waals surface area contributed by atoms with Gasteiger partial charge in [-0.15, -0.1) is 5.10 Å². The van der Waals surface area contributed by atoms with Crippen LogP contribution in [0.1, 0.15) is 18.5 Å². The van der Waals surface area contributed by atoms with Crippen molar-refractivity contribution < 1.29 is 10.2 Å². The first kappa shape index (κ1) is 28.7. The van der Waals surface area contributed by atoms with Gasteiger partial charge >= 0.3 is 0 Å². The largest absolute Gasteiger partial charge is 0.508 e. The Morgan fingerprint density at radius 2 is 1.09 bits per heavy atom. The molecule has 2 N–H and O–H groups in total. The Balaban J connectivity index is 1.10. The van der Waals surface area contributed by atoms with Crippen molar-refractivity contribution in [2.75, 3.05) is 0 Å². The maximum atomic E-state index is 13.6. The highest BCUT2D eigenvalue weighted by Crippen LogP contribution is 2.23.